The Kier molecular flexibility index (Phi) is 4.89. The van der Waals surface area contributed by atoms with Gasteiger partial charge in [-0.15, -0.1) is 0 Å². The first-order valence-corrected chi connectivity index (χ1v) is 7.31. The Hall–Kier alpha value is -4.15. The van der Waals surface area contributed by atoms with E-state index < -0.39 is 16.5 Å². The Morgan fingerprint density at radius 3 is 2.38 bits per heavy atom. The van der Waals surface area contributed by atoms with Gasteiger partial charge in [0, 0.05) is 0 Å². The molecule has 11 nitrogen and oxygen atoms in total. The average Bonchev–Trinajstić information content (AvgIpc) is 3.20. The Bertz CT molecular complexity index is 900. The molecular formula is C15H13N7O4. The molecule has 2 heterocycles. The normalized spacial score (nSPS) is 10.0. The van der Waals surface area contributed by atoms with Crippen molar-refractivity contribution < 1.29 is 14.1 Å². The summed E-state index contributed by atoms with van der Waals surface area (Å²) in [4.78, 5) is 30.2. The standard InChI is InChI=1S/C15H13N7O4/c23-15(11-7-4-8-26-11)21-20-14-12(22(24)25)13(16-9-17-14)19-18-10-5-2-1-3-6-10/h1-9,18H,(H,21,23)(H2,16,17,19,20). The van der Waals surface area contributed by atoms with E-state index in [1.54, 1.807) is 30.3 Å². The van der Waals surface area contributed by atoms with E-state index >= 15 is 0 Å². The number of benzene rings is 1. The van der Waals surface area contributed by atoms with Crippen LogP contribution in [0.1, 0.15) is 10.6 Å². The van der Waals surface area contributed by atoms with Gasteiger partial charge in [0.15, 0.2) is 5.76 Å². The van der Waals surface area contributed by atoms with Crippen LogP contribution in [0.3, 0.4) is 0 Å². The molecular weight excluding hydrogens is 342 g/mol. The molecule has 0 unspecified atom stereocenters. The van der Waals surface area contributed by atoms with Crippen molar-refractivity contribution in [2.45, 2.75) is 0 Å². The van der Waals surface area contributed by atoms with E-state index in [9.17, 15) is 14.9 Å². The molecule has 3 aromatic rings. The fourth-order valence-corrected chi connectivity index (χ4v) is 1.97. The van der Waals surface area contributed by atoms with Crippen LogP contribution in [0.25, 0.3) is 0 Å². The lowest BCUT2D eigenvalue weighted by Crippen LogP contribution is -2.30. The van der Waals surface area contributed by atoms with Crippen LogP contribution in [-0.2, 0) is 0 Å². The Labute approximate surface area is 146 Å². The molecule has 0 radical (unpaired) electrons. The van der Waals surface area contributed by atoms with Crippen LogP contribution in [-0.4, -0.2) is 20.8 Å². The summed E-state index contributed by atoms with van der Waals surface area (Å²) in [5.41, 5.74) is 10.4. The van der Waals surface area contributed by atoms with Crippen LogP contribution >= 0.6 is 0 Å². The summed E-state index contributed by atoms with van der Waals surface area (Å²) >= 11 is 0. The molecule has 0 spiro atoms. The van der Waals surface area contributed by atoms with Crippen molar-refractivity contribution in [3.05, 3.63) is 70.9 Å². The molecule has 132 valence electrons. The zero-order valence-corrected chi connectivity index (χ0v) is 13.2. The lowest BCUT2D eigenvalue weighted by atomic mass is 10.3. The van der Waals surface area contributed by atoms with Crippen LogP contribution in [0.2, 0.25) is 0 Å². The van der Waals surface area contributed by atoms with Gasteiger partial charge in [-0.1, -0.05) is 18.2 Å². The second-order valence-corrected chi connectivity index (χ2v) is 4.85. The smallest absolute Gasteiger partial charge is 0.356 e. The van der Waals surface area contributed by atoms with Crippen molar-refractivity contribution in [2.75, 3.05) is 16.3 Å². The second kappa shape index (κ2) is 7.61. The Balaban J connectivity index is 1.75. The SMILES string of the molecule is O=C(NNc1ncnc(NNc2ccccc2)c1[N+](=O)[O-])c1ccco1. The van der Waals surface area contributed by atoms with Gasteiger partial charge in [0.2, 0.25) is 11.6 Å². The number of para-hydroxylation sites is 1. The molecule has 3 rings (SSSR count). The van der Waals surface area contributed by atoms with Gasteiger partial charge < -0.3 is 4.42 Å². The lowest BCUT2D eigenvalue weighted by Gasteiger charge is -2.11. The van der Waals surface area contributed by atoms with Gasteiger partial charge in [0.05, 0.1) is 16.9 Å². The molecule has 0 aliphatic heterocycles. The minimum atomic E-state index is -0.670. The number of rotatable bonds is 7. The molecule has 26 heavy (non-hydrogen) atoms. The van der Waals surface area contributed by atoms with E-state index in [-0.39, 0.29) is 17.4 Å². The summed E-state index contributed by atoms with van der Waals surface area (Å²) in [7, 11) is 0. The highest BCUT2D eigenvalue weighted by molar-refractivity contribution is 5.92. The Morgan fingerprint density at radius 1 is 1.00 bits per heavy atom. The van der Waals surface area contributed by atoms with Crippen LogP contribution in [0.15, 0.2) is 59.5 Å². The van der Waals surface area contributed by atoms with Crippen LogP contribution in [0.5, 0.6) is 0 Å². The molecule has 0 saturated carbocycles. The van der Waals surface area contributed by atoms with Crippen molar-refractivity contribution in [3.63, 3.8) is 0 Å². The molecule has 1 amide bonds. The first-order valence-electron chi connectivity index (χ1n) is 7.31. The van der Waals surface area contributed by atoms with E-state index in [0.29, 0.717) is 5.69 Å². The zero-order chi connectivity index (χ0) is 18.4. The molecule has 0 saturated heterocycles. The zero-order valence-electron chi connectivity index (χ0n) is 13.2. The van der Waals surface area contributed by atoms with Crippen molar-refractivity contribution >= 4 is 28.9 Å². The fraction of sp³-hybridized carbons (Fsp3) is 0. The number of carbonyl (C=O) groups is 1. The van der Waals surface area contributed by atoms with E-state index in [2.05, 4.69) is 31.7 Å². The Morgan fingerprint density at radius 2 is 1.73 bits per heavy atom. The molecule has 11 heteroatoms. The maximum atomic E-state index is 11.8. The number of hydrogen-bond donors (Lipinski definition) is 4. The molecule has 0 atom stereocenters. The van der Waals surface area contributed by atoms with E-state index in [4.69, 9.17) is 4.42 Å². The number of anilines is 3. The van der Waals surface area contributed by atoms with Crippen LogP contribution < -0.4 is 21.7 Å². The summed E-state index contributed by atoms with van der Waals surface area (Å²) in [6.07, 6.45) is 2.45. The molecule has 0 fully saturated rings. The maximum absolute atomic E-state index is 11.8. The van der Waals surface area contributed by atoms with Crippen molar-refractivity contribution in [1.82, 2.24) is 15.4 Å². The van der Waals surface area contributed by atoms with Crippen LogP contribution in [0.4, 0.5) is 23.0 Å². The van der Waals surface area contributed by atoms with Gasteiger partial charge in [-0.3, -0.25) is 36.6 Å². The van der Waals surface area contributed by atoms with Gasteiger partial charge in [-0.05, 0) is 24.3 Å². The molecule has 0 bridgehead atoms. The van der Waals surface area contributed by atoms with E-state index in [1.807, 2.05) is 6.07 Å². The van der Waals surface area contributed by atoms with Gasteiger partial charge in [-0.25, -0.2) is 9.97 Å². The number of carbonyl (C=O) groups excluding carboxylic acids is 1. The topological polar surface area (TPSA) is 147 Å². The number of nitro groups is 1. The largest absolute Gasteiger partial charge is 0.459 e. The quantitative estimate of drug-likeness (QED) is 0.369. The number of nitrogens with one attached hydrogen (secondary N) is 4. The number of hydrazine groups is 2. The van der Waals surface area contributed by atoms with Crippen molar-refractivity contribution in [2.24, 2.45) is 0 Å². The highest BCUT2D eigenvalue weighted by Crippen LogP contribution is 2.28. The second-order valence-electron chi connectivity index (χ2n) is 4.85. The molecule has 4 N–H and O–H groups in total. The molecule has 1 aromatic carbocycles. The third-order valence-electron chi connectivity index (χ3n) is 3.14. The molecule has 0 aliphatic carbocycles. The van der Waals surface area contributed by atoms with Gasteiger partial charge in [0.25, 0.3) is 0 Å². The van der Waals surface area contributed by atoms with E-state index in [0.717, 1.165) is 6.33 Å². The highest BCUT2D eigenvalue weighted by Gasteiger charge is 2.23. The molecule has 0 aliphatic rings. The summed E-state index contributed by atoms with van der Waals surface area (Å²) in [5.74, 6) is -0.844. The minimum Gasteiger partial charge on any atom is -0.459 e. The first kappa shape index (κ1) is 16.7. The highest BCUT2D eigenvalue weighted by atomic mass is 16.6. The number of amides is 1. The number of nitrogens with zero attached hydrogens (tertiary/aromatic N) is 3. The summed E-state index contributed by atoms with van der Waals surface area (Å²) in [6.45, 7) is 0. The monoisotopic (exact) mass is 355 g/mol. The summed E-state index contributed by atoms with van der Waals surface area (Å²) in [5, 5.41) is 11.4. The van der Waals surface area contributed by atoms with Gasteiger partial charge in [0.1, 0.15) is 6.33 Å². The number of aromatic nitrogens is 2. The third kappa shape index (κ3) is 3.84. The van der Waals surface area contributed by atoms with Crippen LogP contribution in [0, 0.1) is 10.1 Å². The molecule has 2 aromatic heterocycles. The summed E-state index contributed by atoms with van der Waals surface area (Å²) in [6, 6.07) is 12.0. The lowest BCUT2D eigenvalue weighted by molar-refractivity contribution is -0.383. The maximum Gasteiger partial charge on any atom is 0.356 e. The van der Waals surface area contributed by atoms with E-state index in [1.165, 1.54) is 12.3 Å². The number of hydrogen-bond acceptors (Lipinski definition) is 9. The van der Waals surface area contributed by atoms with Gasteiger partial charge in [-0.2, -0.15) is 0 Å². The fourth-order valence-electron chi connectivity index (χ4n) is 1.97. The number of furan rings is 1. The van der Waals surface area contributed by atoms with Crippen molar-refractivity contribution in [1.29, 1.82) is 0 Å². The predicted molar refractivity (Wildman–Crippen MR) is 92.2 cm³/mol. The first-order chi connectivity index (χ1) is 12.6. The third-order valence-corrected chi connectivity index (χ3v) is 3.14. The summed E-state index contributed by atoms with van der Waals surface area (Å²) < 4.78 is 4.93. The predicted octanol–water partition coefficient (Wildman–Crippen LogP) is 2.17. The van der Waals surface area contributed by atoms with Gasteiger partial charge >= 0.3 is 11.6 Å². The van der Waals surface area contributed by atoms with Crippen molar-refractivity contribution in [3.8, 4) is 0 Å². The average molecular weight is 355 g/mol. The minimum absolute atomic E-state index is 0.0401.